The Balaban J connectivity index is 2.38. The SMILES string of the molecule is COS(=O)(=O)c1ccc(-c2ccncn2)cc1. The number of hydrogen-bond donors (Lipinski definition) is 0. The minimum atomic E-state index is -3.63. The normalized spacial score (nSPS) is 11.4. The van der Waals surface area contributed by atoms with E-state index in [0.717, 1.165) is 18.4 Å². The summed E-state index contributed by atoms with van der Waals surface area (Å²) in [5.74, 6) is 0. The molecule has 0 saturated heterocycles. The van der Waals surface area contributed by atoms with E-state index in [0.29, 0.717) is 0 Å². The van der Waals surface area contributed by atoms with Gasteiger partial charge in [-0.3, -0.25) is 4.18 Å². The van der Waals surface area contributed by atoms with Crippen LogP contribution in [0.1, 0.15) is 0 Å². The Kier molecular flexibility index (Phi) is 3.16. The monoisotopic (exact) mass is 250 g/mol. The van der Waals surface area contributed by atoms with Crippen LogP contribution < -0.4 is 0 Å². The highest BCUT2D eigenvalue weighted by molar-refractivity contribution is 7.86. The summed E-state index contributed by atoms with van der Waals surface area (Å²) in [7, 11) is -2.50. The van der Waals surface area contributed by atoms with Gasteiger partial charge in [0.15, 0.2) is 0 Å². The third kappa shape index (κ3) is 2.48. The number of rotatable bonds is 3. The molecule has 0 aliphatic heterocycles. The van der Waals surface area contributed by atoms with Crippen molar-refractivity contribution in [3.63, 3.8) is 0 Å². The number of hydrogen-bond acceptors (Lipinski definition) is 5. The Morgan fingerprint density at radius 1 is 1.12 bits per heavy atom. The lowest BCUT2D eigenvalue weighted by Gasteiger charge is -2.03. The molecular formula is C11H10N2O3S. The van der Waals surface area contributed by atoms with Gasteiger partial charge >= 0.3 is 0 Å². The van der Waals surface area contributed by atoms with E-state index in [-0.39, 0.29) is 4.90 Å². The highest BCUT2D eigenvalue weighted by Gasteiger charge is 2.12. The van der Waals surface area contributed by atoms with Crippen molar-refractivity contribution in [3.8, 4) is 11.3 Å². The summed E-state index contributed by atoms with van der Waals surface area (Å²) in [6.07, 6.45) is 3.07. The maximum Gasteiger partial charge on any atom is 0.296 e. The summed E-state index contributed by atoms with van der Waals surface area (Å²) in [6, 6.07) is 8.06. The smallest absolute Gasteiger partial charge is 0.270 e. The lowest BCUT2D eigenvalue weighted by Crippen LogP contribution is -2.02. The van der Waals surface area contributed by atoms with Crippen LogP contribution >= 0.6 is 0 Å². The summed E-state index contributed by atoms with van der Waals surface area (Å²) in [5.41, 5.74) is 1.56. The summed E-state index contributed by atoms with van der Waals surface area (Å²) in [4.78, 5) is 8.01. The molecule has 0 aliphatic rings. The van der Waals surface area contributed by atoms with E-state index in [1.807, 2.05) is 0 Å². The van der Waals surface area contributed by atoms with Gasteiger partial charge in [0, 0.05) is 11.8 Å². The van der Waals surface area contributed by atoms with E-state index in [1.165, 1.54) is 18.5 Å². The number of benzene rings is 1. The summed E-state index contributed by atoms with van der Waals surface area (Å²) >= 11 is 0. The van der Waals surface area contributed by atoms with Crippen molar-refractivity contribution < 1.29 is 12.6 Å². The Labute approximate surface area is 99.2 Å². The zero-order chi connectivity index (χ0) is 12.3. The predicted octanol–water partition coefficient (Wildman–Crippen LogP) is 1.48. The molecule has 0 fully saturated rings. The van der Waals surface area contributed by atoms with Crippen molar-refractivity contribution in [1.82, 2.24) is 9.97 Å². The van der Waals surface area contributed by atoms with Crippen LogP contribution in [0.3, 0.4) is 0 Å². The third-order valence-electron chi connectivity index (χ3n) is 2.24. The largest absolute Gasteiger partial charge is 0.296 e. The molecule has 0 bridgehead atoms. The first kappa shape index (κ1) is 11.7. The van der Waals surface area contributed by atoms with Crippen molar-refractivity contribution in [1.29, 1.82) is 0 Å². The second-order valence-electron chi connectivity index (χ2n) is 3.24. The fraction of sp³-hybridized carbons (Fsp3) is 0.0909. The second kappa shape index (κ2) is 4.60. The lowest BCUT2D eigenvalue weighted by atomic mass is 10.1. The number of aromatic nitrogens is 2. The minimum absolute atomic E-state index is 0.123. The van der Waals surface area contributed by atoms with Crippen molar-refractivity contribution in [2.45, 2.75) is 4.90 Å². The van der Waals surface area contributed by atoms with Gasteiger partial charge in [-0.1, -0.05) is 12.1 Å². The first-order chi connectivity index (χ1) is 8.13. The highest BCUT2D eigenvalue weighted by Crippen LogP contribution is 2.19. The average molecular weight is 250 g/mol. The summed E-state index contributed by atoms with van der Waals surface area (Å²) in [6.45, 7) is 0. The van der Waals surface area contributed by atoms with Crippen LogP contribution in [-0.2, 0) is 14.3 Å². The van der Waals surface area contributed by atoms with Crippen molar-refractivity contribution >= 4 is 10.1 Å². The van der Waals surface area contributed by atoms with Gasteiger partial charge in [0.05, 0.1) is 17.7 Å². The molecule has 6 heteroatoms. The van der Waals surface area contributed by atoms with Crippen molar-refractivity contribution in [2.24, 2.45) is 0 Å². The lowest BCUT2D eigenvalue weighted by molar-refractivity contribution is 0.398. The van der Waals surface area contributed by atoms with Gasteiger partial charge in [0.25, 0.3) is 10.1 Å². The van der Waals surface area contributed by atoms with E-state index in [1.54, 1.807) is 24.4 Å². The van der Waals surface area contributed by atoms with Crippen LogP contribution in [0.2, 0.25) is 0 Å². The van der Waals surface area contributed by atoms with Gasteiger partial charge in [0.1, 0.15) is 6.33 Å². The molecule has 0 radical (unpaired) electrons. The van der Waals surface area contributed by atoms with E-state index in [2.05, 4.69) is 14.2 Å². The molecule has 0 spiro atoms. The summed E-state index contributed by atoms with van der Waals surface area (Å²) in [5, 5.41) is 0. The van der Waals surface area contributed by atoms with Crippen LogP contribution in [0, 0.1) is 0 Å². The molecule has 2 rings (SSSR count). The quantitative estimate of drug-likeness (QED) is 0.772. The number of nitrogens with zero attached hydrogens (tertiary/aromatic N) is 2. The molecule has 2 aromatic rings. The average Bonchev–Trinajstić information content (AvgIpc) is 2.40. The zero-order valence-electron chi connectivity index (χ0n) is 9.07. The Hall–Kier alpha value is -1.79. The van der Waals surface area contributed by atoms with Gasteiger partial charge in [0.2, 0.25) is 0 Å². The minimum Gasteiger partial charge on any atom is -0.270 e. The molecule has 1 heterocycles. The highest BCUT2D eigenvalue weighted by atomic mass is 32.2. The second-order valence-corrected chi connectivity index (χ2v) is 4.95. The van der Waals surface area contributed by atoms with E-state index >= 15 is 0 Å². The fourth-order valence-electron chi connectivity index (χ4n) is 1.35. The molecule has 1 aromatic carbocycles. The van der Waals surface area contributed by atoms with Gasteiger partial charge in [-0.2, -0.15) is 8.42 Å². The Morgan fingerprint density at radius 3 is 2.35 bits per heavy atom. The van der Waals surface area contributed by atoms with Crippen LogP contribution in [0.4, 0.5) is 0 Å². The van der Waals surface area contributed by atoms with E-state index in [9.17, 15) is 8.42 Å². The van der Waals surface area contributed by atoms with E-state index < -0.39 is 10.1 Å². The van der Waals surface area contributed by atoms with Crippen molar-refractivity contribution in [2.75, 3.05) is 7.11 Å². The van der Waals surface area contributed by atoms with Crippen LogP contribution in [-0.4, -0.2) is 25.5 Å². The molecule has 88 valence electrons. The van der Waals surface area contributed by atoms with Gasteiger partial charge < -0.3 is 0 Å². The van der Waals surface area contributed by atoms with Crippen LogP contribution in [0.25, 0.3) is 11.3 Å². The van der Waals surface area contributed by atoms with Crippen molar-refractivity contribution in [3.05, 3.63) is 42.9 Å². The summed E-state index contributed by atoms with van der Waals surface area (Å²) < 4.78 is 27.2. The standard InChI is InChI=1S/C11H10N2O3S/c1-16-17(14,15)10-4-2-9(3-5-10)11-6-7-12-8-13-11/h2-8H,1H3. The molecule has 0 aliphatic carbocycles. The Bertz CT molecular complexity index is 594. The maximum atomic E-state index is 11.4. The third-order valence-corrected chi connectivity index (χ3v) is 3.53. The maximum absolute atomic E-state index is 11.4. The predicted molar refractivity (Wildman–Crippen MR) is 61.7 cm³/mol. The molecule has 0 N–H and O–H groups in total. The Morgan fingerprint density at radius 2 is 1.82 bits per heavy atom. The van der Waals surface area contributed by atoms with Gasteiger partial charge in [-0.25, -0.2) is 9.97 Å². The zero-order valence-corrected chi connectivity index (χ0v) is 9.89. The molecular weight excluding hydrogens is 240 g/mol. The fourth-order valence-corrected chi connectivity index (χ4v) is 2.01. The molecule has 5 nitrogen and oxygen atoms in total. The molecule has 0 unspecified atom stereocenters. The molecule has 0 saturated carbocycles. The molecule has 0 amide bonds. The van der Waals surface area contributed by atoms with Gasteiger partial charge in [-0.05, 0) is 18.2 Å². The molecule has 1 aromatic heterocycles. The van der Waals surface area contributed by atoms with Crippen LogP contribution in [0.5, 0.6) is 0 Å². The topological polar surface area (TPSA) is 69.2 Å². The van der Waals surface area contributed by atoms with E-state index in [4.69, 9.17) is 0 Å². The molecule has 0 atom stereocenters. The molecule has 17 heavy (non-hydrogen) atoms. The first-order valence-corrected chi connectivity index (χ1v) is 6.21. The van der Waals surface area contributed by atoms with Gasteiger partial charge in [-0.15, -0.1) is 0 Å². The van der Waals surface area contributed by atoms with Crippen LogP contribution in [0.15, 0.2) is 47.8 Å². The first-order valence-electron chi connectivity index (χ1n) is 4.80.